The molecule has 7 rings (SSSR count). The van der Waals surface area contributed by atoms with Crippen molar-refractivity contribution in [1.29, 1.82) is 0 Å². The molecule has 1 unspecified atom stereocenters. The number of carbonyl (C=O) groups is 3. The van der Waals surface area contributed by atoms with Gasteiger partial charge in [0, 0.05) is 44.2 Å². The monoisotopic (exact) mass is 623 g/mol. The van der Waals surface area contributed by atoms with Gasteiger partial charge in [-0.15, -0.1) is 11.8 Å². The second-order valence-electron chi connectivity index (χ2n) is 11.4. The van der Waals surface area contributed by atoms with Crippen molar-refractivity contribution in [2.75, 3.05) is 50.2 Å². The van der Waals surface area contributed by atoms with Gasteiger partial charge >= 0.3 is 0 Å². The average molecular weight is 624 g/mol. The molecule has 45 heavy (non-hydrogen) atoms. The third kappa shape index (κ3) is 5.52. The zero-order valence-corrected chi connectivity index (χ0v) is 26.0. The lowest BCUT2D eigenvalue weighted by atomic mass is 9.99. The lowest BCUT2D eigenvalue weighted by molar-refractivity contribution is -0.137. The molecule has 11 heteroatoms. The number of hydrogen-bond acceptors (Lipinski definition) is 7. The minimum Gasteiger partial charge on any atom is -0.454 e. The van der Waals surface area contributed by atoms with Crippen molar-refractivity contribution in [2.45, 2.75) is 19.1 Å². The van der Waals surface area contributed by atoms with E-state index in [1.165, 1.54) is 11.8 Å². The third-order valence-electron chi connectivity index (χ3n) is 8.45. The predicted molar refractivity (Wildman–Crippen MR) is 172 cm³/mol. The summed E-state index contributed by atoms with van der Waals surface area (Å²) < 4.78 is 13.1. The molecular formula is C34H33N5O5S. The Bertz CT molecular complexity index is 1780. The second-order valence-corrected chi connectivity index (χ2v) is 12.5. The maximum atomic E-state index is 14.1. The Kier molecular flexibility index (Phi) is 7.70. The van der Waals surface area contributed by atoms with E-state index >= 15 is 0 Å². The molecule has 1 atom stereocenters. The van der Waals surface area contributed by atoms with Crippen LogP contribution in [0.5, 0.6) is 11.5 Å². The number of rotatable bonds is 5. The van der Waals surface area contributed by atoms with E-state index in [0.29, 0.717) is 43.5 Å². The van der Waals surface area contributed by atoms with Gasteiger partial charge in [0.25, 0.3) is 0 Å². The van der Waals surface area contributed by atoms with Crippen LogP contribution >= 0.6 is 11.8 Å². The molecule has 1 aromatic heterocycles. The number of nitrogens with zero attached hydrogens (tertiary/aromatic N) is 5. The number of fused-ring (bicyclic) bond motifs is 2. The van der Waals surface area contributed by atoms with Gasteiger partial charge in [0.15, 0.2) is 11.5 Å². The van der Waals surface area contributed by atoms with E-state index in [1.54, 1.807) is 21.6 Å². The summed E-state index contributed by atoms with van der Waals surface area (Å²) in [5, 5.41) is 4.90. The van der Waals surface area contributed by atoms with Crippen LogP contribution in [-0.4, -0.2) is 82.6 Å². The smallest absolute Gasteiger partial charge is 0.242 e. The van der Waals surface area contributed by atoms with E-state index in [1.807, 2.05) is 84.4 Å². The molecule has 3 aliphatic rings. The van der Waals surface area contributed by atoms with Crippen molar-refractivity contribution < 1.29 is 23.9 Å². The number of thioether (sulfide) groups is 1. The molecule has 1 saturated heterocycles. The Balaban J connectivity index is 1.39. The van der Waals surface area contributed by atoms with Crippen molar-refractivity contribution in [3.8, 4) is 28.4 Å². The van der Waals surface area contributed by atoms with Crippen LogP contribution < -0.4 is 14.4 Å². The van der Waals surface area contributed by atoms with Crippen LogP contribution in [-0.2, 0) is 14.4 Å². The summed E-state index contributed by atoms with van der Waals surface area (Å²) in [6.07, 6.45) is 0. The maximum absolute atomic E-state index is 14.1. The maximum Gasteiger partial charge on any atom is 0.242 e. The normalized spacial score (nSPS) is 17.7. The van der Waals surface area contributed by atoms with E-state index in [-0.39, 0.29) is 42.1 Å². The fourth-order valence-corrected chi connectivity index (χ4v) is 7.30. The Morgan fingerprint density at radius 3 is 2.42 bits per heavy atom. The van der Waals surface area contributed by atoms with Crippen LogP contribution in [0.25, 0.3) is 16.9 Å². The van der Waals surface area contributed by atoms with E-state index < -0.39 is 0 Å². The van der Waals surface area contributed by atoms with Crippen molar-refractivity contribution in [1.82, 2.24) is 19.6 Å². The number of hydrogen-bond donors (Lipinski definition) is 0. The van der Waals surface area contributed by atoms with Crippen LogP contribution in [0.15, 0.2) is 72.8 Å². The van der Waals surface area contributed by atoms with E-state index in [0.717, 1.165) is 33.6 Å². The quantitative estimate of drug-likeness (QED) is 0.325. The predicted octanol–water partition coefficient (Wildman–Crippen LogP) is 4.44. The zero-order valence-electron chi connectivity index (χ0n) is 25.1. The molecule has 0 N–H and O–H groups in total. The van der Waals surface area contributed by atoms with E-state index in [4.69, 9.17) is 14.6 Å². The van der Waals surface area contributed by atoms with E-state index in [9.17, 15) is 14.4 Å². The molecule has 0 radical (unpaired) electrons. The van der Waals surface area contributed by atoms with Gasteiger partial charge in [0.1, 0.15) is 12.4 Å². The number of piperazine rings is 1. The lowest BCUT2D eigenvalue weighted by Crippen LogP contribution is -2.53. The standard InChI is InChI=1S/C34H33N5O5S/c1-22-7-6-10-26(17-22)39-34-31(32(35-39)24-8-4-3-5-9-24)33(25-11-12-27-28(18-25)44-21-43-27)45-20-30(42)38(34)19-29(41)37-15-13-36(14-16-37)23(2)40/h3-12,17-18,33H,13-16,19-21H2,1-2H3. The van der Waals surface area contributed by atoms with Gasteiger partial charge in [-0.05, 0) is 42.3 Å². The summed E-state index contributed by atoms with van der Waals surface area (Å²) in [6.45, 7) is 5.39. The number of amides is 3. The Hall–Kier alpha value is -4.77. The second kappa shape index (κ2) is 12.0. The lowest BCUT2D eigenvalue weighted by Gasteiger charge is -2.35. The highest BCUT2D eigenvalue weighted by molar-refractivity contribution is 8.00. The molecule has 3 aromatic carbocycles. The third-order valence-corrected chi connectivity index (χ3v) is 9.71. The van der Waals surface area contributed by atoms with Gasteiger partial charge in [-0.25, -0.2) is 4.68 Å². The highest BCUT2D eigenvalue weighted by atomic mass is 32.2. The molecule has 3 amide bonds. The summed E-state index contributed by atoms with van der Waals surface area (Å²) in [4.78, 5) is 44.9. The summed E-state index contributed by atoms with van der Waals surface area (Å²) in [6, 6.07) is 23.8. The summed E-state index contributed by atoms with van der Waals surface area (Å²) in [5.41, 5.74) is 5.30. The van der Waals surface area contributed by atoms with Crippen LogP contribution in [0, 0.1) is 6.92 Å². The zero-order chi connectivity index (χ0) is 31.1. The minimum atomic E-state index is -0.286. The molecule has 0 saturated carbocycles. The summed E-state index contributed by atoms with van der Waals surface area (Å²) >= 11 is 1.51. The van der Waals surface area contributed by atoms with Crippen molar-refractivity contribution in [3.63, 3.8) is 0 Å². The molecular weight excluding hydrogens is 590 g/mol. The van der Waals surface area contributed by atoms with Gasteiger partial charge in [-0.1, -0.05) is 48.5 Å². The first kappa shape index (κ1) is 29.0. The van der Waals surface area contributed by atoms with Gasteiger partial charge in [-0.3, -0.25) is 19.3 Å². The molecule has 3 aliphatic heterocycles. The minimum absolute atomic E-state index is 0.00322. The largest absolute Gasteiger partial charge is 0.454 e. The van der Waals surface area contributed by atoms with Crippen LogP contribution in [0.4, 0.5) is 5.82 Å². The first-order valence-electron chi connectivity index (χ1n) is 15.0. The van der Waals surface area contributed by atoms with Gasteiger partial charge in [-0.2, -0.15) is 5.10 Å². The Morgan fingerprint density at radius 2 is 1.67 bits per heavy atom. The molecule has 10 nitrogen and oxygen atoms in total. The molecule has 0 aliphatic carbocycles. The SMILES string of the molecule is CC(=O)N1CCN(C(=O)CN2C(=O)CSC(c3ccc4c(c3)OCO4)c3c(-c4ccccc4)nn(-c4cccc(C)c4)c32)CC1. The fraction of sp³-hybridized carbons (Fsp3) is 0.294. The first-order chi connectivity index (χ1) is 21.9. The fourth-order valence-electron chi connectivity index (χ4n) is 6.11. The highest BCUT2D eigenvalue weighted by Crippen LogP contribution is 2.50. The molecule has 0 spiro atoms. The topological polar surface area (TPSA) is 97.2 Å². The number of ether oxygens (including phenoxy) is 2. The van der Waals surface area contributed by atoms with Crippen molar-refractivity contribution >= 4 is 35.3 Å². The molecule has 1 fully saturated rings. The first-order valence-corrected chi connectivity index (χ1v) is 16.0. The number of benzene rings is 3. The van der Waals surface area contributed by atoms with E-state index in [2.05, 4.69) is 0 Å². The number of carbonyl (C=O) groups excluding carboxylic acids is 3. The Morgan fingerprint density at radius 1 is 0.911 bits per heavy atom. The number of anilines is 1. The Labute approximate surface area is 265 Å². The molecule has 4 aromatic rings. The van der Waals surface area contributed by atoms with Crippen LogP contribution in [0.1, 0.15) is 28.9 Å². The molecule has 4 heterocycles. The molecule has 0 bridgehead atoms. The van der Waals surface area contributed by atoms with Crippen LogP contribution in [0.2, 0.25) is 0 Å². The van der Waals surface area contributed by atoms with Crippen molar-refractivity contribution in [2.24, 2.45) is 0 Å². The average Bonchev–Trinajstić information content (AvgIpc) is 3.66. The van der Waals surface area contributed by atoms with Gasteiger partial charge in [0.05, 0.1) is 22.4 Å². The summed E-state index contributed by atoms with van der Waals surface area (Å²) in [7, 11) is 0. The summed E-state index contributed by atoms with van der Waals surface area (Å²) in [5.74, 6) is 1.75. The van der Waals surface area contributed by atoms with Gasteiger partial charge in [0.2, 0.25) is 24.5 Å². The molecule has 230 valence electrons. The van der Waals surface area contributed by atoms with Crippen LogP contribution in [0.3, 0.4) is 0 Å². The highest BCUT2D eigenvalue weighted by Gasteiger charge is 2.39. The number of aromatic nitrogens is 2. The van der Waals surface area contributed by atoms with Gasteiger partial charge < -0.3 is 19.3 Å². The van der Waals surface area contributed by atoms with Crippen molar-refractivity contribution in [3.05, 3.63) is 89.5 Å². The number of aryl methyl sites for hydroxylation is 1.